The third-order valence-electron chi connectivity index (χ3n) is 9.02. The van der Waals surface area contributed by atoms with E-state index in [2.05, 4.69) is 0 Å². The van der Waals surface area contributed by atoms with E-state index in [1.165, 1.54) is 8.61 Å². The van der Waals surface area contributed by atoms with Gasteiger partial charge in [-0.25, -0.2) is 16.8 Å². The highest BCUT2D eigenvalue weighted by atomic mass is 32.2. The van der Waals surface area contributed by atoms with Crippen molar-refractivity contribution < 1.29 is 40.5 Å². The lowest BCUT2D eigenvalue weighted by Gasteiger charge is -2.26. The minimum Gasteiger partial charge on any atom is -0.378 e. The highest BCUT2D eigenvalue weighted by Crippen LogP contribution is 2.32. The summed E-state index contributed by atoms with van der Waals surface area (Å²) < 4.78 is 87.8. The number of hydrogen-bond acceptors (Lipinski definition) is 9. The maximum absolute atomic E-state index is 13.7. The largest absolute Gasteiger partial charge is 0.378 e. The first-order chi connectivity index (χ1) is 24.1. The van der Waals surface area contributed by atoms with Crippen LogP contribution in [0.3, 0.4) is 0 Å². The Morgan fingerprint density at radius 1 is 0.600 bits per heavy atom. The zero-order valence-electron chi connectivity index (χ0n) is 29.0. The molecule has 2 atom stereocenters. The number of ether oxygens (including phenoxy) is 5. The second-order valence-corrected chi connectivity index (χ2v) is 16.7. The summed E-state index contributed by atoms with van der Waals surface area (Å²) in [6, 6.07) is 23.6. The molecule has 1 saturated heterocycles. The molecule has 1 aliphatic carbocycles. The maximum Gasteiger partial charge on any atom is 0.243 e. The molecule has 0 amide bonds. The van der Waals surface area contributed by atoms with E-state index in [0.717, 1.165) is 16.7 Å². The molecule has 3 aromatic rings. The summed E-state index contributed by atoms with van der Waals surface area (Å²) in [5.41, 5.74) is 3.04. The molecule has 5 rings (SSSR count). The smallest absolute Gasteiger partial charge is 0.243 e. The summed E-state index contributed by atoms with van der Waals surface area (Å²) in [5.74, 6) is 0.157. The second-order valence-electron chi connectivity index (χ2n) is 12.8. The summed E-state index contributed by atoms with van der Waals surface area (Å²) in [7, 11) is -7.59. The highest BCUT2D eigenvalue weighted by Gasteiger charge is 2.37. The monoisotopic (exact) mass is 730 g/mol. The Kier molecular flexibility index (Phi) is 14.4. The van der Waals surface area contributed by atoms with Gasteiger partial charge in [0, 0.05) is 26.2 Å². The Hall–Kier alpha value is -2.72. The van der Waals surface area contributed by atoms with Gasteiger partial charge in [-0.3, -0.25) is 0 Å². The SMILES string of the molecule is Cc1ccc(S(=O)(=O)N2CCOCCOCCN(S(=O)(=O)c3ccc(C)cc3)CCOC3CC(COCc4ccccc4)CC3OCC2)cc1. The predicted octanol–water partition coefficient (Wildman–Crippen LogP) is 4.43. The van der Waals surface area contributed by atoms with E-state index in [-0.39, 0.29) is 93.7 Å². The van der Waals surface area contributed by atoms with Gasteiger partial charge < -0.3 is 23.7 Å². The Morgan fingerprint density at radius 2 is 1.04 bits per heavy atom. The molecule has 1 heterocycles. The lowest BCUT2D eigenvalue weighted by Crippen LogP contribution is -2.39. The molecule has 2 fully saturated rings. The third kappa shape index (κ3) is 10.9. The third-order valence-corrected chi connectivity index (χ3v) is 12.8. The van der Waals surface area contributed by atoms with E-state index < -0.39 is 20.0 Å². The molecule has 0 bridgehead atoms. The Bertz CT molecular complexity index is 1570. The van der Waals surface area contributed by atoms with Gasteiger partial charge in [0.1, 0.15) is 0 Å². The summed E-state index contributed by atoms with van der Waals surface area (Å²) >= 11 is 0. The topological polar surface area (TPSA) is 121 Å². The standard InChI is InChI=1S/C37H50N2O9S2/c1-30-8-12-34(13-9-30)49(40,41)38-16-20-44-24-25-45-21-17-39(50(42,43)35-14-10-31(2)11-15-35)19-23-48-37-27-33(26-36(37)47-22-18-38)29-46-28-32-6-4-3-5-7-32/h3-15,33,36-37H,16-29H2,1-2H3. The molecule has 3 aromatic carbocycles. The van der Waals surface area contributed by atoms with Gasteiger partial charge in [0.05, 0.1) is 74.9 Å². The summed E-state index contributed by atoms with van der Waals surface area (Å²) in [4.78, 5) is 0.438. The summed E-state index contributed by atoms with van der Waals surface area (Å²) in [6.45, 7) is 6.52. The van der Waals surface area contributed by atoms with E-state index in [1.807, 2.05) is 44.2 Å². The van der Waals surface area contributed by atoms with E-state index in [4.69, 9.17) is 23.7 Å². The van der Waals surface area contributed by atoms with Crippen LogP contribution in [0, 0.1) is 19.8 Å². The first-order valence-electron chi connectivity index (χ1n) is 17.3. The summed E-state index contributed by atoms with van der Waals surface area (Å²) in [5, 5.41) is 0. The van der Waals surface area contributed by atoms with E-state index in [9.17, 15) is 16.8 Å². The average Bonchev–Trinajstić information content (AvgIpc) is 3.49. The molecule has 1 aliphatic heterocycles. The molecular formula is C37H50N2O9S2. The number of fused-ring (bicyclic) bond motifs is 1. The molecule has 2 unspecified atom stereocenters. The van der Waals surface area contributed by atoms with Gasteiger partial charge in [0.2, 0.25) is 20.0 Å². The van der Waals surface area contributed by atoms with Crippen LogP contribution in [-0.2, 0) is 50.3 Å². The molecule has 0 radical (unpaired) electrons. The van der Waals surface area contributed by atoms with Crippen LogP contribution in [0.4, 0.5) is 0 Å². The van der Waals surface area contributed by atoms with Gasteiger partial charge in [-0.05, 0) is 62.4 Å². The van der Waals surface area contributed by atoms with E-state index in [1.54, 1.807) is 48.5 Å². The average molecular weight is 731 g/mol. The fourth-order valence-electron chi connectivity index (χ4n) is 6.15. The number of sulfonamides is 2. The van der Waals surface area contributed by atoms with Crippen molar-refractivity contribution in [3.05, 3.63) is 95.6 Å². The molecule has 1 saturated carbocycles. The van der Waals surface area contributed by atoms with Crippen molar-refractivity contribution in [1.29, 1.82) is 0 Å². The fourth-order valence-corrected chi connectivity index (χ4v) is 8.97. The number of rotatable bonds is 8. The van der Waals surface area contributed by atoms with Crippen LogP contribution in [0.2, 0.25) is 0 Å². The van der Waals surface area contributed by atoms with Gasteiger partial charge in [-0.15, -0.1) is 0 Å². The van der Waals surface area contributed by atoms with Crippen LogP contribution in [0.5, 0.6) is 0 Å². The molecule has 2 aliphatic rings. The number of nitrogens with zero attached hydrogens (tertiary/aromatic N) is 2. The first kappa shape index (κ1) is 38.5. The Morgan fingerprint density at radius 3 is 1.50 bits per heavy atom. The summed E-state index contributed by atoms with van der Waals surface area (Å²) in [6.07, 6.45) is 0.716. The molecule has 11 nitrogen and oxygen atoms in total. The molecular weight excluding hydrogens is 681 g/mol. The van der Waals surface area contributed by atoms with Crippen molar-refractivity contribution in [3.8, 4) is 0 Å². The van der Waals surface area contributed by atoms with E-state index >= 15 is 0 Å². The highest BCUT2D eigenvalue weighted by molar-refractivity contribution is 7.89. The lowest BCUT2D eigenvalue weighted by molar-refractivity contribution is -0.0601. The quantitative estimate of drug-likeness (QED) is 0.332. The lowest BCUT2D eigenvalue weighted by atomic mass is 10.1. The number of benzene rings is 3. The van der Waals surface area contributed by atoms with Crippen molar-refractivity contribution in [3.63, 3.8) is 0 Å². The van der Waals surface area contributed by atoms with Crippen molar-refractivity contribution in [2.75, 3.05) is 72.4 Å². The molecule has 274 valence electrons. The fraction of sp³-hybridized carbons (Fsp3) is 0.514. The minimum absolute atomic E-state index is 0.136. The normalized spacial score (nSPS) is 23.1. The zero-order valence-corrected chi connectivity index (χ0v) is 30.7. The second kappa shape index (κ2) is 18.7. The van der Waals surface area contributed by atoms with Crippen LogP contribution < -0.4 is 0 Å². The van der Waals surface area contributed by atoms with Crippen LogP contribution >= 0.6 is 0 Å². The Labute approximate surface area is 297 Å². The predicted molar refractivity (Wildman–Crippen MR) is 190 cm³/mol. The van der Waals surface area contributed by atoms with Gasteiger partial charge in [0.15, 0.2) is 0 Å². The number of hydrogen-bond donors (Lipinski definition) is 0. The van der Waals surface area contributed by atoms with Gasteiger partial charge in [-0.1, -0.05) is 65.7 Å². The minimum atomic E-state index is -3.80. The molecule has 0 N–H and O–H groups in total. The van der Waals surface area contributed by atoms with Crippen LogP contribution in [-0.4, -0.2) is 110 Å². The van der Waals surface area contributed by atoms with Crippen molar-refractivity contribution in [2.24, 2.45) is 5.92 Å². The van der Waals surface area contributed by atoms with Crippen LogP contribution in [0.25, 0.3) is 0 Å². The molecule has 0 spiro atoms. The Balaban J connectivity index is 1.29. The van der Waals surface area contributed by atoms with E-state index in [0.29, 0.717) is 26.1 Å². The molecule has 13 heteroatoms. The zero-order chi connectivity index (χ0) is 35.4. The van der Waals surface area contributed by atoms with Crippen molar-refractivity contribution >= 4 is 20.0 Å². The number of aryl methyl sites for hydroxylation is 2. The molecule has 50 heavy (non-hydrogen) atoms. The first-order valence-corrected chi connectivity index (χ1v) is 20.1. The van der Waals surface area contributed by atoms with Gasteiger partial charge in [0.25, 0.3) is 0 Å². The van der Waals surface area contributed by atoms with Crippen molar-refractivity contribution in [2.45, 2.75) is 55.3 Å². The van der Waals surface area contributed by atoms with Crippen LogP contribution in [0.15, 0.2) is 88.7 Å². The van der Waals surface area contributed by atoms with Crippen molar-refractivity contribution in [1.82, 2.24) is 8.61 Å². The van der Waals surface area contributed by atoms with Gasteiger partial charge in [-0.2, -0.15) is 8.61 Å². The van der Waals surface area contributed by atoms with Crippen LogP contribution in [0.1, 0.15) is 29.5 Å². The maximum atomic E-state index is 13.7. The van der Waals surface area contributed by atoms with Gasteiger partial charge >= 0.3 is 0 Å². The molecule has 0 aromatic heterocycles.